The predicted molar refractivity (Wildman–Crippen MR) is 96.7 cm³/mol. The van der Waals surface area contributed by atoms with Gasteiger partial charge in [-0.2, -0.15) is 5.10 Å². The van der Waals surface area contributed by atoms with Gasteiger partial charge in [0.2, 0.25) is 0 Å². The number of anilines is 1. The lowest BCUT2D eigenvalue weighted by atomic mass is 10.1. The minimum Gasteiger partial charge on any atom is -0.322 e. The second kappa shape index (κ2) is 6.95. The van der Waals surface area contributed by atoms with E-state index in [-0.39, 0.29) is 18.3 Å². The van der Waals surface area contributed by atoms with Crippen molar-refractivity contribution in [3.05, 3.63) is 47.8 Å². The van der Waals surface area contributed by atoms with E-state index in [9.17, 15) is 4.79 Å². The summed E-state index contributed by atoms with van der Waals surface area (Å²) in [6.07, 6.45) is 7.31. The summed E-state index contributed by atoms with van der Waals surface area (Å²) in [5, 5.41) is 10.6. The average Bonchev–Trinajstić information content (AvgIpc) is 3.45. The van der Waals surface area contributed by atoms with E-state index in [4.69, 9.17) is 0 Å². The molecule has 24 heavy (non-hydrogen) atoms. The molecule has 0 aliphatic heterocycles. The van der Waals surface area contributed by atoms with Gasteiger partial charge in [-0.25, -0.2) is 0 Å². The minimum absolute atomic E-state index is 0. The van der Waals surface area contributed by atoms with Crippen molar-refractivity contribution in [3.63, 3.8) is 0 Å². The second-order valence-electron chi connectivity index (χ2n) is 6.78. The molecule has 0 saturated heterocycles. The number of halogens is 1. The van der Waals surface area contributed by atoms with E-state index < -0.39 is 0 Å². The van der Waals surface area contributed by atoms with Gasteiger partial charge in [0.15, 0.2) is 0 Å². The third-order valence-corrected chi connectivity index (χ3v) is 4.72. The van der Waals surface area contributed by atoms with Gasteiger partial charge < -0.3 is 10.6 Å². The number of nitrogens with one attached hydrogen (secondary N) is 2. The quantitative estimate of drug-likeness (QED) is 0.845. The zero-order valence-corrected chi connectivity index (χ0v) is 14.6. The fourth-order valence-corrected chi connectivity index (χ4v) is 2.98. The maximum Gasteiger partial charge on any atom is 0.258 e. The van der Waals surface area contributed by atoms with Crippen LogP contribution in [-0.2, 0) is 7.05 Å². The summed E-state index contributed by atoms with van der Waals surface area (Å²) >= 11 is 0. The second-order valence-corrected chi connectivity index (χ2v) is 6.78. The van der Waals surface area contributed by atoms with Gasteiger partial charge in [-0.3, -0.25) is 9.48 Å². The highest BCUT2D eigenvalue weighted by molar-refractivity contribution is 6.03. The van der Waals surface area contributed by atoms with E-state index in [0.717, 1.165) is 11.6 Å². The maximum atomic E-state index is 12.1. The van der Waals surface area contributed by atoms with Crippen LogP contribution in [0.25, 0.3) is 0 Å². The van der Waals surface area contributed by atoms with E-state index in [1.807, 2.05) is 12.1 Å². The maximum absolute atomic E-state index is 12.1. The van der Waals surface area contributed by atoms with Crippen molar-refractivity contribution < 1.29 is 4.79 Å². The Bertz CT molecular complexity index is 708. The first-order valence-corrected chi connectivity index (χ1v) is 8.32. The van der Waals surface area contributed by atoms with E-state index in [1.165, 1.54) is 31.4 Å². The van der Waals surface area contributed by atoms with Crippen molar-refractivity contribution in [1.29, 1.82) is 0 Å². The largest absolute Gasteiger partial charge is 0.322 e. The molecule has 2 aliphatic carbocycles. The lowest BCUT2D eigenvalue weighted by Gasteiger charge is -2.06. The van der Waals surface area contributed by atoms with Gasteiger partial charge in [0, 0.05) is 30.9 Å². The molecule has 2 aliphatic rings. The molecule has 0 unspecified atom stereocenters. The Balaban J connectivity index is 0.00000169. The summed E-state index contributed by atoms with van der Waals surface area (Å²) in [5.74, 6) is 1.44. The molecule has 4 rings (SSSR count). The summed E-state index contributed by atoms with van der Waals surface area (Å²) in [6, 6.07) is 8.87. The Kier molecular flexibility index (Phi) is 4.92. The number of rotatable bonds is 6. The fraction of sp³-hybridized carbons (Fsp3) is 0.444. The Hall–Kier alpha value is -1.85. The number of nitrogens with zero attached hydrogens (tertiary/aromatic N) is 2. The Morgan fingerprint density at radius 3 is 2.67 bits per heavy atom. The molecular formula is C18H23ClN4O. The van der Waals surface area contributed by atoms with Crippen LogP contribution >= 0.6 is 12.4 Å². The van der Waals surface area contributed by atoms with E-state index >= 15 is 0 Å². The summed E-state index contributed by atoms with van der Waals surface area (Å²) in [4.78, 5) is 12.1. The molecule has 2 atom stereocenters. The molecule has 0 bridgehead atoms. The monoisotopic (exact) mass is 346 g/mol. The van der Waals surface area contributed by atoms with Crippen LogP contribution in [0.15, 0.2) is 36.7 Å². The molecular weight excluding hydrogens is 324 g/mol. The summed E-state index contributed by atoms with van der Waals surface area (Å²) in [7, 11) is 1.80. The van der Waals surface area contributed by atoms with Crippen LogP contribution in [0.5, 0.6) is 0 Å². The topological polar surface area (TPSA) is 59.0 Å². The number of carbonyl (C=O) groups is 1. The average molecular weight is 347 g/mol. The van der Waals surface area contributed by atoms with Gasteiger partial charge in [0.25, 0.3) is 5.91 Å². The Morgan fingerprint density at radius 2 is 2.04 bits per heavy atom. The van der Waals surface area contributed by atoms with Crippen LogP contribution < -0.4 is 10.6 Å². The molecule has 1 amide bonds. The molecule has 2 saturated carbocycles. The van der Waals surface area contributed by atoms with Gasteiger partial charge in [0.1, 0.15) is 0 Å². The lowest BCUT2D eigenvalue weighted by molar-refractivity contribution is 0.102. The highest BCUT2D eigenvalue weighted by Gasteiger charge is 2.38. The molecule has 2 aromatic rings. The SMILES string of the molecule is Cl.Cn1cc(C(=O)Nc2ccc([C@@H]3C[C@H]3NCC3CC3)cc2)cn1. The first-order valence-electron chi connectivity index (χ1n) is 8.32. The van der Waals surface area contributed by atoms with Crippen LogP contribution in [0.4, 0.5) is 5.69 Å². The number of aromatic nitrogens is 2. The molecule has 1 aromatic heterocycles. The van der Waals surface area contributed by atoms with Crippen molar-refractivity contribution in [2.45, 2.75) is 31.2 Å². The Morgan fingerprint density at radius 1 is 1.29 bits per heavy atom. The van der Waals surface area contributed by atoms with Crippen LogP contribution in [0.2, 0.25) is 0 Å². The predicted octanol–water partition coefficient (Wildman–Crippen LogP) is 2.95. The van der Waals surface area contributed by atoms with Crippen LogP contribution in [0, 0.1) is 5.92 Å². The first-order chi connectivity index (χ1) is 11.2. The molecule has 2 N–H and O–H groups in total. The minimum atomic E-state index is -0.124. The number of amides is 1. The first kappa shape index (κ1) is 17.0. The number of hydrogen-bond donors (Lipinski definition) is 2. The van der Waals surface area contributed by atoms with Crippen molar-refractivity contribution in [1.82, 2.24) is 15.1 Å². The Labute approximate surface area is 148 Å². The van der Waals surface area contributed by atoms with Gasteiger partial charge in [-0.1, -0.05) is 12.1 Å². The molecule has 2 fully saturated rings. The molecule has 6 heteroatoms. The fourth-order valence-electron chi connectivity index (χ4n) is 2.98. The van der Waals surface area contributed by atoms with E-state index in [2.05, 4.69) is 27.9 Å². The van der Waals surface area contributed by atoms with Crippen molar-refractivity contribution in [2.75, 3.05) is 11.9 Å². The zero-order valence-electron chi connectivity index (χ0n) is 13.7. The smallest absolute Gasteiger partial charge is 0.258 e. The highest BCUT2D eigenvalue weighted by Crippen LogP contribution is 2.41. The summed E-state index contributed by atoms with van der Waals surface area (Å²) in [6.45, 7) is 1.18. The molecule has 5 nitrogen and oxygen atoms in total. The van der Waals surface area contributed by atoms with E-state index in [0.29, 0.717) is 17.5 Å². The van der Waals surface area contributed by atoms with Crippen LogP contribution in [0.1, 0.15) is 41.1 Å². The molecule has 128 valence electrons. The standard InChI is InChI=1S/C18H22N4O.ClH/c1-22-11-14(10-20-22)18(23)21-15-6-4-13(5-7-15)16-8-17(16)19-9-12-2-3-12;/h4-7,10-12,16-17,19H,2-3,8-9H2,1H3,(H,21,23);1H/t16-,17+;/m0./s1. The number of carbonyl (C=O) groups excluding carboxylic acids is 1. The highest BCUT2D eigenvalue weighted by atomic mass is 35.5. The number of benzene rings is 1. The van der Waals surface area contributed by atoms with Crippen molar-refractivity contribution in [2.24, 2.45) is 13.0 Å². The van der Waals surface area contributed by atoms with Gasteiger partial charge >= 0.3 is 0 Å². The van der Waals surface area contributed by atoms with Gasteiger partial charge in [-0.15, -0.1) is 12.4 Å². The third-order valence-electron chi connectivity index (χ3n) is 4.72. The number of aryl methyl sites for hydroxylation is 1. The third kappa shape index (κ3) is 3.97. The molecule has 0 spiro atoms. The van der Waals surface area contributed by atoms with Gasteiger partial charge in [-0.05, 0) is 49.4 Å². The van der Waals surface area contributed by atoms with Crippen molar-refractivity contribution >= 4 is 24.0 Å². The lowest BCUT2D eigenvalue weighted by Crippen LogP contribution is -2.20. The summed E-state index contributed by atoms with van der Waals surface area (Å²) in [5.41, 5.74) is 2.76. The molecule has 1 aromatic carbocycles. The zero-order chi connectivity index (χ0) is 15.8. The molecule has 0 radical (unpaired) electrons. The van der Waals surface area contributed by atoms with E-state index in [1.54, 1.807) is 24.1 Å². The van der Waals surface area contributed by atoms with Crippen LogP contribution in [0.3, 0.4) is 0 Å². The summed E-state index contributed by atoms with van der Waals surface area (Å²) < 4.78 is 1.62. The molecule has 1 heterocycles. The normalized spacial score (nSPS) is 21.9. The van der Waals surface area contributed by atoms with Gasteiger partial charge in [0.05, 0.1) is 11.8 Å². The van der Waals surface area contributed by atoms with Crippen LogP contribution in [-0.4, -0.2) is 28.3 Å². The number of hydrogen-bond acceptors (Lipinski definition) is 3. The van der Waals surface area contributed by atoms with Crippen molar-refractivity contribution in [3.8, 4) is 0 Å².